The molecule has 0 spiro atoms. The summed E-state index contributed by atoms with van der Waals surface area (Å²) in [7, 11) is 0. The molecule has 1 atom stereocenters. The summed E-state index contributed by atoms with van der Waals surface area (Å²) < 4.78 is 0. The smallest absolute Gasteiger partial charge is 0.269 e. The topological polar surface area (TPSA) is 101 Å². The number of amides is 2. The van der Waals surface area contributed by atoms with Gasteiger partial charge in [0.25, 0.3) is 5.69 Å². The molecule has 0 aliphatic carbocycles. The number of rotatable bonds is 4. The van der Waals surface area contributed by atoms with Crippen molar-refractivity contribution in [1.82, 2.24) is 5.32 Å². The normalized spacial score (nSPS) is 18.2. The highest BCUT2D eigenvalue weighted by molar-refractivity contribution is 8.00. The first-order valence-corrected chi connectivity index (χ1v) is 7.05. The van der Waals surface area contributed by atoms with Crippen molar-refractivity contribution in [1.29, 1.82) is 0 Å². The van der Waals surface area contributed by atoms with Gasteiger partial charge in [-0.2, -0.15) is 0 Å². The van der Waals surface area contributed by atoms with E-state index >= 15 is 0 Å². The molecule has 1 aliphatic heterocycles. The SMILES string of the molecule is O=C(C[C@@H]1SCCNC1=O)Nc1ccc([N+](=O)[O-])cc1. The molecule has 1 heterocycles. The van der Waals surface area contributed by atoms with Gasteiger partial charge >= 0.3 is 0 Å². The molecule has 0 radical (unpaired) electrons. The van der Waals surface area contributed by atoms with E-state index in [1.165, 1.54) is 36.0 Å². The minimum Gasteiger partial charge on any atom is -0.354 e. The summed E-state index contributed by atoms with van der Waals surface area (Å²) in [5.74, 6) is 0.384. The third-order valence-electron chi connectivity index (χ3n) is 2.75. The first kappa shape index (κ1) is 14.3. The van der Waals surface area contributed by atoms with Crippen molar-refractivity contribution >= 4 is 35.0 Å². The van der Waals surface area contributed by atoms with E-state index in [0.717, 1.165) is 5.75 Å². The number of hydrogen-bond acceptors (Lipinski definition) is 5. The highest BCUT2D eigenvalue weighted by Gasteiger charge is 2.25. The first-order valence-electron chi connectivity index (χ1n) is 6.00. The maximum absolute atomic E-state index is 11.8. The van der Waals surface area contributed by atoms with Crippen molar-refractivity contribution < 1.29 is 14.5 Å². The van der Waals surface area contributed by atoms with E-state index in [4.69, 9.17) is 0 Å². The molecule has 1 saturated heterocycles. The van der Waals surface area contributed by atoms with Crippen molar-refractivity contribution in [2.24, 2.45) is 0 Å². The molecule has 2 N–H and O–H groups in total. The summed E-state index contributed by atoms with van der Waals surface area (Å²) in [6, 6.07) is 5.56. The van der Waals surface area contributed by atoms with Crippen molar-refractivity contribution in [3.05, 3.63) is 34.4 Å². The lowest BCUT2D eigenvalue weighted by Crippen LogP contribution is -2.40. The Labute approximate surface area is 119 Å². The molecule has 0 aromatic heterocycles. The van der Waals surface area contributed by atoms with E-state index in [2.05, 4.69) is 10.6 Å². The van der Waals surface area contributed by atoms with Crippen molar-refractivity contribution in [3.8, 4) is 0 Å². The van der Waals surface area contributed by atoms with Crippen LogP contribution in [0.25, 0.3) is 0 Å². The van der Waals surface area contributed by atoms with Gasteiger partial charge in [-0.05, 0) is 12.1 Å². The number of nitro groups is 1. The number of non-ortho nitro benzene ring substituents is 1. The summed E-state index contributed by atoms with van der Waals surface area (Å²) in [5.41, 5.74) is 0.437. The molecule has 1 aromatic rings. The molecule has 0 unspecified atom stereocenters. The molecule has 0 bridgehead atoms. The van der Waals surface area contributed by atoms with E-state index in [0.29, 0.717) is 12.2 Å². The summed E-state index contributed by atoms with van der Waals surface area (Å²) in [5, 5.41) is 15.5. The average Bonchev–Trinajstić information content (AvgIpc) is 2.42. The molecular weight excluding hydrogens is 282 g/mol. The van der Waals surface area contributed by atoms with Gasteiger partial charge < -0.3 is 10.6 Å². The second kappa shape index (κ2) is 6.38. The molecule has 2 amide bonds. The number of nitrogens with one attached hydrogen (secondary N) is 2. The van der Waals surface area contributed by atoms with Gasteiger partial charge in [-0.15, -0.1) is 11.8 Å². The van der Waals surface area contributed by atoms with Crippen LogP contribution < -0.4 is 10.6 Å². The summed E-state index contributed by atoms with van der Waals surface area (Å²) in [6.07, 6.45) is 0.0908. The van der Waals surface area contributed by atoms with E-state index in [-0.39, 0.29) is 29.2 Å². The lowest BCUT2D eigenvalue weighted by Gasteiger charge is -2.20. The lowest BCUT2D eigenvalue weighted by atomic mass is 10.2. The second-order valence-corrected chi connectivity index (χ2v) is 5.52. The van der Waals surface area contributed by atoms with Crippen molar-refractivity contribution in [2.75, 3.05) is 17.6 Å². The monoisotopic (exact) mass is 295 g/mol. The zero-order chi connectivity index (χ0) is 14.5. The Balaban J connectivity index is 1.90. The third-order valence-corrected chi connectivity index (χ3v) is 3.97. The van der Waals surface area contributed by atoms with E-state index < -0.39 is 4.92 Å². The fraction of sp³-hybridized carbons (Fsp3) is 0.333. The van der Waals surface area contributed by atoms with Gasteiger partial charge in [-0.1, -0.05) is 0 Å². The second-order valence-electron chi connectivity index (χ2n) is 4.21. The first-order chi connectivity index (χ1) is 9.56. The predicted molar refractivity (Wildman–Crippen MR) is 75.6 cm³/mol. The van der Waals surface area contributed by atoms with Gasteiger partial charge in [0.05, 0.1) is 10.2 Å². The Hall–Kier alpha value is -2.09. The lowest BCUT2D eigenvalue weighted by molar-refractivity contribution is -0.384. The molecular formula is C12H13N3O4S. The largest absolute Gasteiger partial charge is 0.354 e. The molecule has 0 saturated carbocycles. The average molecular weight is 295 g/mol. The molecule has 2 rings (SSSR count). The maximum Gasteiger partial charge on any atom is 0.269 e. The van der Waals surface area contributed by atoms with Crippen LogP contribution in [0, 0.1) is 10.1 Å². The van der Waals surface area contributed by atoms with Gasteiger partial charge in [-0.3, -0.25) is 19.7 Å². The van der Waals surface area contributed by atoms with Crippen LogP contribution in [0.2, 0.25) is 0 Å². The van der Waals surface area contributed by atoms with Crippen LogP contribution in [0.1, 0.15) is 6.42 Å². The van der Waals surface area contributed by atoms with Gasteiger partial charge in [-0.25, -0.2) is 0 Å². The standard InChI is InChI=1S/C12H13N3O4S/c16-11(7-10-12(17)13-5-6-20-10)14-8-1-3-9(4-2-8)15(18)19/h1-4,10H,5-7H2,(H,13,17)(H,14,16)/t10-/m0/s1. The van der Waals surface area contributed by atoms with Gasteiger partial charge in [0, 0.05) is 36.5 Å². The van der Waals surface area contributed by atoms with E-state index in [9.17, 15) is 19.7 Å². The molecule has 8 heteroatoms. The molecule has 1 aromatic carbocycles. The van der Waals surface area contributed by atoms with Gasteiger partial charge in [0.2, 0.25) is 11.8 Å². The zero-order valence-electron chi connectivity index (χ0n) is 10.5. The highest BCUT2D eigenvalue weighted by atomic mass is 32.2. The number of nitro benzene ring substituents is 1. The predicted octanol–water partition coefficient (Wildman–Crippen LogP) is 1.15. The fourth-order valence-corrected chi connectivity index (χ4v) is 2.77. The number of anilines is 1. The Morgan fingerprint density at radius 1 is 1.45 bits per heavy atom. The van der Waals surface area contributed by atoms with Crippen molar-refractivity contribution in [3.63, 3.8) is 0 Å². The van der Waals surface area contributed by atoms with Gasteiger partial charge in [0.1, 0.15) is 0 Å². The Kier molecular flexibility index (Phi) is 4.57. The van der Waals surface area contributed by atoms with Crippen LogP contribution in [0.4, 0.5) is 11.4 Å². The van der Waals surface area contributed by atoms with Crippen LogP contribution >= 0.6 is 11.8 Å². The van der Waals surface area contributed by atoms with Crippen LogP contribution in [0.5, 0.6) is 0 Å². The Morgan fingerprint density at radius 3 is 2.75 bits per heavy atom. The number of thioether (sulfide) groups is 1. The number of benzene rings is 1. The fourth-order valence-electron chi connectivity index (χ4n) is 1.76. The molecule has 1 fully saturated rings. The minimum absolute atomic E-state index is 0.0368. The highest BCUT2D eigenvalue weighted by Crippen LogP contribution is 2.20. The molecule has 1 aliphatic rings. The number of nitrogens with zero attached hydrogens (tertiary/aromatic N) is 1. The molecule has 7 nitrogen and oxygen atoms in total. The zero-order valence-corrected chi connectivity index (χ0v) is 11.3. The van der Waals surface area contributed by atoms with Crippen LogP contribution in [-0.4, -0.2) is 34.3 Å². The van der Waals surface area contributed by atoms with E-state index in [1.807, 2.05) is 0 Å². The van der Waals surface area contributed by atoms with Gasteiger partial charge in [0.15, 0.2) is 0 Å². The number of carbonyl (C=O) groups is 2. The van der Waals surface area contributed by atoms with Crippen molar-refractivity contribution in [2.45, 2.75) is 11.7 Å². The van der Waals surface area contributed by atoms with E-state index in [1.54, 1.807) is 0 Å². The maximum atomic E-state index is 11.8. The summed E-state index contributed by atoms with van der Waals surface area (Å²) >= 11 is 1.45. The quantitative estimate of drug-likeness (QED) is 0.641. The van der Waals surface area contributed by atoms with Crippen LogP contribution in [0.15, 0.2) is 24.3 Å². The molecule has 20 heavy (non-hydrogen) atoms. The van der Waals surface area contributed by atoms with Crippen LogP contribution in [-0.2, 0) is 9.59 Å². The number of hydrogen-bond donors (Lipinski definition) is 2. The third kappa shape index (κ3) is 3.70. The summed E-state index contributed by atoms with van der Waals surface area (Å²) in [6.45, 7) is 0.629. The van der Waals surface area contributed by atoms with Crippen LogP contribution in [0.3, 0.4) is 0 Å². The Bertz CT molecular complexity index is 532. The number of carbonyl (C=O) groups excluding carboxylic acids is 2. The Morgan fingerprint density at radius 2 is 2.15 bits per heavy atom. The minimum atomic E-state index is -0.505. The summed E-state index contributed by atoms with van der Waals surface area (Å²) in [4.78, 5) is 33.3. The molecule has 106 valence electrons.